The zero-order valence-corrected chi connectivity index (χ0v) is 11.0. The summed E-state index contributed by atoms with van der Waals surface area (Å²) < 4.78 is 13.7. The van der Waals surface area contributed by atoms with E-state index in [1.54, 1.807) is 18.2 Å². The van der Waals surface area contributed by atoms with Gasteiger partial charge in [-0.15, -0.1) is 0 Å². The number of halogens is 1. The standard InChI is InChI=1S/C14H17FN2O2/c1-9(2)16-14(19)10-7-13(18)17(8-10)12-6-4-3-5-11(12)15/h3-6,9-10H,7-8H2,1-2H3,(H,16,19)/t10-/m0/s1. The Bertz CT molecular complexity index is 502. The van der Waals surface area contributed by atoms with Crippen LogP contribution in [-0.4, -0.2) is 24.4 Å². The van der Waals surface area contributed by atoms with Crippen LogP contribution in [0.5, 0.6) is 0 Å². The first kappa shape index (κ1) is 13.5. The lowest BCUT2D eigenvalue weighted by Gasteiger charge is -2.17. The van der Waals surface area contributed by atoms with Crippen molar-refractivity contribution in [2.75, 3.05) is 11.4 Å². The molecular weight excluding hydrogens is 247 g/mol. The molecule has 2 amide bonds. The van der Waals surface area contributed by atoms with E-state index in [1.165, 1.54) is 11.0 Å². The van der Waals surface area contributed by atoms with Gasteiger partial charge in [0.25, 0.3) is 0 Å². The maximum atomic E-state index is 13.7. The molecule has 0 aromatic heterocycles. The average Bonchev–Trinajstić information content (AvgIpc) is 2.71. The number of benzene rings is 1. The highest BCUT2D eigenvalue weighted by Gasteiger charge is 2.36. The maximum absolute atomic E-state index is 13.7. The molecule has 1 saturated heterocycles. The van der Waals surface area contributed by atoms with Crippen molar-refractivity contribution in [1.82, 2.24) is 5.32 Å². The molecule has 1 aliphatic heterocycles. The van der Waals surface area contributed by atoms with Gasteiger partial charge in [0.05, 0.1) is 11.6 Å². The lowest BCUT2D eigenvalue weighted by Crippen LogP contribution is -2.37. The number of carbonyl (C=O) groups is 2. The van der Waals surface area contributed by atoms with Crippen molar-refractivity contribution >= 4 is 17.5 Å². The Morgan fingerprint density at radius 2 is 2.11 bits per heavy atom. The summed E-state index contributed by atoms with van der Waals surface area (Å²) in [6, 6.07) is 6.14. The quantitative estimate of drug-likeness (QED) is 0.903. The van der Waals surface area contributed by atoms with Crippen LogP contribution < -0.4 is 10.2 Å². The number of nitrogens with zero attached hydrogens (tertiary/aromatic N) is 1. The van der Waals surface area contributed by atoms with Crippen LogP contribution >= 0.6 is 0 Å². The van der Waals surface area contributed by atoms with Crippen molar-refractivity contribution < 1.29 is 14.0 Å². The van der Waals surface area contributed by atoms with Crippen LogP contribution in [0.25, 0.3) is 0 Å². The summed E-state index contributed by atoms with van der Waals surface area (Å²) in [6.45, 7) is 3.96. The Hall–Kier alpha value is -1.91. The molecular formula is C14H17FN2O2. The topological polar surface area (TPSA) is 49.4 Å². The summed E-state index contributed by atoms with van der Waals surface area (Å²) in [5, 5.41) is 2.78. The Labute approximate surface area is 111 Å². The summed E-state index contributed by atoms with van der Waals surface area (Å²) in [7, 11) is 0. The monoisotopic (exact) mass is 264 g/mol. The molecule has 0 unspecified atom stereocenters. The van der Waals surface area contributed by atoms with Crippen molar-refractivity contribution in [3.63, 3.8) is 0 Å². The molecule has 1 fully saturated rings. The van der Waals surface area contributed by atoms with E-state index in [0.29, 0.717) is 0 Å². The van der Waals surface area contributed by atoms with Gasteiger partial charge in [0.2, 0.25) is 11.8 Å². The minimum atomic E-state index is -0.444. The molecule has 102 valence electrons. The molecule has 0 spiro atoms. The van der Waals surface area contributed by atoms with Gasteiger partial charge in [-0.3, -0.25) is 9.59 Å². The average molecular weight is 264 g/mol. The lowest BCUT2D eigenvalue weighted by molar-refractivity contribution is -0.126. The number of hydrogen-bond acceptors (Lipinski definition) is 2. The van der Waals surface area contributed by atoms with Gasteiger partial charge in [0.1, 0.15) is 5.82 Å². The summed E-state index contributed by atoms with van der Waals surface area (Å²) in [5.74, 6) is -1.22. The third kappa shape index (κ3) is 2.92. The largest absolute Gasteiger partial charge is 0.354 e. The molecule has 1 aromatic rings. The molecule has 0 aliphatic carbocycles. The van der Waals surface area contributed by atoms with Crippen LogP contribution in [0.2, 0.25) is 0 Å². The molecule has 0 radical (unpaired) electrons. The van der Waals surface area contributed by atoms with Crippen molar-refractivity contribution in [2.45, 2.75) is 26.3 Å². The van der Waals surface area contributed by atoms with Gasteiger partial charge < -0.3 is 10.2 Å². The fraction of sp³-hybridized carbons (Fsp3) is 0.429. The molecule has 1 heterocycles. The summed E-state index contributed by atoms with van der Waals surface area (Å²) >= 11 is 0. The molecule has 2 rings (SSSR count). The highest BCUT2D eigenvalue weighted by atomic mass is 19.1. The molecule has 0 saturated carbocycles. The van der Waals surface area contributed by atoms with Crippen molar-refractivity contribution in [3.05, 3.63) is 30.1 Å². The normalized spacial score (nSPS) is 19.1. The molecule has 1 N–H and O–H groups in total. The van der Waals surface area contributed by atoms with Crippen molar-refractivity contribution in [1.29, 1.82) is 0 Å². The van der Waals surface area contributed by atoms with E-state index in [-0.39, 0.29) is 36.5 Å². The number of amides is 2. The fourth-order valence-electron chi connectivity index (χ4n) is 2.19. The minimum Gasteiger partial charge on any atom is -0.354 e. The van der Waals surface area contributed by atoms with Crippen LogP contribution in [0.4, 0.5) is 10.1 Å². The van der Waals surface area contributed by atoms with Gasteiger partial charge in [0.15, 0.2) is 0 Å². The molecule has 1 atom stereocenters. The number of carbonyl (C=O) groups excluding carboxylic acids is 2. The van der Waals surface area contributed by atoms with Gasteiger partial charge in [-0.05, 0) is 26.0 Å². The molecule has 19 heavy (non-hydrogen) atoms. The Balaban J connectivity index is 2.12. The highest BCUT2D eigenvalue weighted by Crippen LogP contribution is 2.27. The second kappa shape index (κ2) is 5.38. The van der Waals surface area contributed by atoms with Gasteiger partial charge >= 0.3 is 0 Å². The second-order valence-electron chi connectivity index (χ2n) is 5.02. The van der Waals surface area contributed by atoms with Crippen molar-refractivity contribution in [2.24, 2.45) is 5.92 Å². The van der Waals surface area contributed by atoms with Gasteiger partial charge in [-0.1, -0.05) is 12.1 Å². The Morgan fingerprint density at radius 1 is 1.42 bits per heavy atom. The second-order valence-corrected chi connectivity index (χ2v) is 5.02. The molecule has 1 aliphatic rings. The first-order valence-corrected chi connectivity index (χ1v) is 6.34. The molecule has 1 aromatic carbocycles. The van der Waals surface area contributed by atoms with Gasteiger partial charge in [-0.25, -0.2) is 4.39 Å². The Morgan fingerprint density at radius 3 is 2.74 bits per heavy atom. The highest BCUT2D eigenvalue weighted by molar-refractivity contribution is 6.00. The first-order chi connectivity index (χ1) is 8.99. The smallest absolute Gasteiger partial charge is 0.227 e. The number of rotatable bonds is 3. The van der Waals surface area contributed by atoms with E-state index in [2.05, 4.69) is 5.32 Å². The van der Waals surface area contributed by atoms with Crippen LogP contribution in [0.15, 0.2) is 24.3 Å². The fourth-order valence-corrected chi connectivity index (χ4v) is 2.19. The van der Waals surface area contributed by atoms with Crippen molar-refractivity contribution in [3.8, 4) is 0 Å². The molecule has 0 bridgehead atoms. The van der Waals surface area contributed by atoms with E-state index >= 15 is 0 Å². The van der Waals surface area contributed by atoms with E-state index in [1.807, 2.05) is 13.8 Å². The maximum Gasteiger partial charge on any atom is 0.227 e. The van der Waals surface area contributed by atoms with Crippen LogP contribution in [-0.2, 0) is 9.59 Å². The lowest BCUT2D eigenvalue weighted by atomic mass is 10.1. The molecule has 4 nitrogen and oxygen atoms in total. The summed E-state index contributed by atoms with van der Waals surface area (Å²) in [6.07, 6.45) is 0.132. The zero-order chi connectivity index (χ0) is 14.0. The van der Waals surface area contributed by atoms with Crippen LogP contribution in [0.3, 0.4) is 0 Å². The van der Waals surface area contributed by atoms with E-state index < -0.39 is 11.7 Å². The predicted molar refractivity (Wildman–Crippen MR) is 70.1 cm³/mol. The number of anilines is 1. The third-order valence-electron chi connectivity index (χ3n) is 3.07. The van der Waals surface area contributed by atoms with Crippen LogP contribution in [0.1, 0.15) is 20.3 Å². The van der Waals surface area contributed by atoms with E-state index in [4.69, 9.17) is 0 Å². The van der Waals surface area contributed by atoms with Gasteiger partial charge in [-0.2, -0.15) is 0 Å². The zero-order valence-electron chi connectivity index (χ0n) is 11.0. The predicted octanol–water partition coefficient (Wildman–Crippen LogP) is 1.70. The van der Waals surface area contributed by atoms with Crippen LogP contribution in [0, 0.1) is 11.7 Å². The van der Waals surface area contributed by atoms with E-state index in [0.717, 1.165) is 0 Å². The Kier molecular flexibility index (Phi) is 3.83. The number of para-hydroxylation sites is 1. The summed E-state index contributed by atoms with van der Waals surface area (Å²) in [4.78, 5) is 25.1. The third-order valence-corrected chi connectivity index (χ3v) is 3.07. The molecule has 5 heteroatoms. The first-order valence-electron chi connectivity index (χ1n) is 6.34. The minimum absolute atomic E-state index is 0.0325. The van der Waals surface area contributed by atoms with E-state index in [9.17, 15) is 14.0 Å². The summed E-state index contributed by atoms with van der Waals surface area (Å²) in [5.41, 5.74) is 0.243. The van der Waals surface area contributed by atoms with Gasteiger partial charge in [0, 0.05) is 19.0 Å². The number of hydrogen-bond donors (Lipinski definition) is 1. The SMILES string of the molecule is CC(C)NC(=O)[C@H]1CC(=O)N(c2ccccc2F)C1. The number of nitrogens with one attached hydrogen (secondary N) is 1.